The molecule has 0 aromatic heterocycles. The lowest BCUT2D eigenvalue weighted by atomic mass is 9.92. The Morgan fingerprint density at radius 1 is 1.24 bits per heavy atom. The van der Waals surface area contributed by atoms with Gasteiger partial charge in [-0.3, -0.25) is 4.79 Å². The minimum atomic E-state index is -0.387. The molecule has 0 fully saturated rings. The zero-order chi connectivity index (χ0) is 15.7. The molecule has 4 heteroatoms. The third kappa shape index (κ3) is 4.88. The summed E-state index contributed by atoms with van der Waals surface area (Å²) < 4.78 is 5.44. The van der Waals surface area contributed by atoms with Crippen LogP contribution in [0.15, 0.2) is 29.4 Å². The fourth-order valence-electron chi connectivity index (χ4n) is 2.26. The molecule has 1 aromatic carbocycles. The Balaban J connectivity index is 2.97. The number of carbonyl (C=O) groups is 1. The van der Waals surface area contributed by atoms with Crippen molar-refractivity contribution >= 4 is 11.7 Å². The van der Waals surface area contributed by atoms with Gasteiger partial charge in [0.25, 0.3) is 0 Å². The lowest BCUT2D eigenvalue weighted by molar-refractivity contribution is 0.0933. The SMILES string of the molecule is CCCCC(C(=O)c1ccc(CC)cc1)C(=NN)OCC. The quantitative estimate of drug-likeness (QED) is 0.262. The highest BCUT2D eigenvalue weighted by atomic mass is 16.5. The van der Waals surface area contributed by atoms with Gasteiger partial charge in [-0.15, -0.1) is 5.10 Å². The summed E-state index contributed by atoms with van der Waals surface area (Å²) in [6.07, 6.45) is 3.63. The van der Waals surface area contributed by atoms with Crippen molar-refractivity contribution in [2.45, 2.75) is 46.5 Å². The standard InChI is InChI=1S/C17H26N2O2/c1-4-7-8-15(17(19-18)21-6-3)16(20)14-11-9-13(5-2)10-12-14/h9-12,15H,4-8,18H2,1-3H3. The number of unbranched alkanes of at least 4 members (excludes halogenated alkanes) is 1. The molecule has 0 radical (unpaired) electrons. The lowest BCUT2D eigenvalue weighted by Crippen LogP contribution is -2.27. The van der Waals surface area contributed by atoms with Crippen LogP contribution in [0.5, 0.6) is 0 Å². The lowest BCUT2D eigenvalue weighted by Gasteiger charge is -2.17. The second kappa shape index (κ2) is 9.16. The van der Waals surface area contributed by atoms with Gasteiger partial charge in [-0.05, 0) is 25.3 Å². The third-order valence-electron chi connectivity index (χ3n) is 3.53. The van der Waals surface area contributed by atoms with Crippen LogP contribution in [0.1, 0.15) is 56.0 Å². The molecule has 0 spiro atoms. The first-order chi connectivity index (χ1) is 10.2. The minimum Gasteiger partial charge on any atom is -0.480 e. The van der Waals surface area contributed by atoms with Gasteiger partial charge in [0.05, 0.1) is 12.5 Å². The van der Waals surface area contributed by atoms with Crippen molar-refractivity contribution in [3.8, 4) is 0 Å². The number of Topliss-reactive ketones (excluding diaryl/α,β-unsaturated/α-hetero) is 1. The molecule has 0 saturated carbocycles. The molecule has 0 bridgehead atoms. The van der Waals surface area contributed by atoms with Crippen LogP contribution in [0.4, 0.5) is 0 Å². The second-order valence-electron chi connectivity index (χ2n) is 5.01. The average Bonchev–Trinajstić information content (AvgIpc) is 2.53. The maximum Gasteiger partial charge on any atom is 0.216 e. The zero-order valence-corrected chi connectivity index (χ0v) is 13.3. The number of benzene rings is 1. The van der Waals surface area contributed by atoms with E-state index in [0.717, 1.165) is 19.3 Å². The fraction of sp³-hybridized carbons (Fsp3) is 0.529. The first kappa shape index (κ1) is 17.2. The van der Waals surface area contributed by atoms with Gasteiger partial charge in [-0.1, -0.05) is 51.0 Å². The summed E-state index contributed by atoms with van der Waals surface area (Å²) in [5.41, 5.74) is 1.91. The number of aryl methyl sites for hydroxylation is 1. The molecule has 4 nitrogen and oxygen atoms in total. The highest BCUT2D eigenvalue weighted by molar-refractivity contribution is 6.10. The van der Waals surface area contributed by atoms with Crippen LogP contribution in [0, 0.1) is 5.92 Å². The highest BCUT2D eigenvalue weighted by Gasteiger charge is 2.26. The molecule has 0 saturated heterocycles. The van der Waals surface area contributed by atoms with Gasteiger partial charge in [0, 0.05) is 5.56 Å². The first-order valence-corrected chi connectivity index (χ1v) is 7.71. The van der Waals surface area contributed by atoms with Crippen molar-refractivity contribution < 1.29 is 9.53 Å². The highest BCUT2D eigenvalue weighted by Crippen LogP contribution is 2.19. The molecule has 0 aliphatic carbocycles. The summed E-state index contributed by atoms with van der Waals surface area (Å²) in [4.78, 5) is 12.7. The number of hydrazone groups is 1. The summed E-state index contributed by atoms with van der Waals surface area (Å²) in [5, 5.41) is 3.68. The smallest absolute Gasteiger partial charge is 0.216 e. The molecule has 1 aromatic rings. The predicted octanol–water partition coefficient (Wildman–Crippen LogP) is 3.55. The molecule has 0 aliphatic rings. The van der Waals surface area contributed by atoms with Crippen molar-refractivity contribution in [2.75, 3.05) is 6.61 Å². The number of rotatable bonds is 8. The molecular weight excluding hydrogens is 264 g/mol. The van der Waals surface area contributed by atoms with Gasteiger partial charge in [0.2, 0.25) is 5.90 Å². The van der Waals surface area contributed by atoms with E-state index in [1.165, 1.54) is 5.56 Å². The van der Waals surface area contributed by atoms with E-state index in [9.17, 15) is 4.79 Å². The van der Waals surface area contributed by atoms with E-state index in [0.29, 0.717) is 24.5 Å². The van der Waals surface area contributed by atoms with Crippen molar-refractivity contribution in [2.24, 2.45) is 16.9 Å². The molecule has 0 heterocycles. The van der Waals surface area contributed by atoms with Crippen molar-refractivity contribution in [3.63, 3.8) is 0 Å². The van der Waals surface area contributed by atoms with Crippen LogP contribution in [0.2, 0.25) is 0 Å². The molecule has 116 valence electrons. The number of ketones is 1. The predicted molar refractivity (Wildman–Crippen MR) is 86.4 cm³/mol. The average molecular weight is 290 g/mol. The van der Waals surface area contributed by atoms with Crippen LogP contribution in [-0.2, 0) is 11.2 Å². The molecular formula is C17H26N2O2. The molecule has 1 unspecified atom stereocenters. The molecule has 2 N–H and O–H groups in total. The first-order valence-electron chi connectivity index (χ1n) is 7.71. The number of carbonyl (C=O) groups excluding carboxylic acids is 1. The van der Waals surface area contributed by atoms with E-state index in [1.807, 2.05) is 31.2 Å². The summed E-state index contributed by atoms with van der Waals surface area (Å²) >= 11 is 0. The molecule has 21 heavy (non-hydrogen) atoms. The topological polar surface area (TPSA) is 64.7 Å². The van der Waals surface area contributed by atoms with Gasteiger partial charge in [-0.25, -0.2) is 0 Å². The number of ether oxygens (including phenoxy) is 1. The van der Waals surface area contributed by atoms with E-state index in [2.05, 4.69) is 18.9 Å². The Labute approximate surface area is 127 Å². The molecule has 1 rings (SSSR count). The number of nitrogens with two attached hydrogens (primary N) is 1. The van der Waals surface area contributed by atoms with Crippen LogP contribution in [0.25, 0.3) is 0 Å². The van der Waals surface area contributed by atoms with Crippen molar-refractivity contribution in [3.05, 3.63) is 35.4 Å². The van der Waals surface area contributed by atoms with E-state index in [1.54, 1.807) is 0 Å². The fourth-order valence-corrected chi connectivity index (χ4v) is 2.26. The van der Waals surface area contributed by atoms with Crippen LogP contribution >= 0.6 is 0 Å². The van der Waals surface area contributed by atoms with Crippen molar-refractivity contribution in [1.82, 2.24) is 0 Å². The molecule has 0 amide bonds. The Kier molecular flexibility index (Phi) is 7.51. The Hall–Kier alpha value is -1.84. The van der Waals surface area contributed by atoms with Gasteiger partial charge >= 0.3 is 0 Å². The van der Waals surface area contributed by atoms with Crippen LogP contribution in [0.3, 0.4) is 0 Å². The van der Waals surface area contributed by atoms with Gasteiger partial charge in [-0.2, -0.15) is 0 Å². The largest absolute Gasteiger partial charge is 0.480 e. The van der Waals surface area contributed by atoms with E-state index in [4.69, 9.17) is 10.6 Å². The Morgan fingerprint density at radius 2 is 1.90 bits per heavy atom. The second-order valence-corrected chi connectivity index (χ2v) is 5.01. The maximum absolute atomic E-state index is 12.7. The van der Waals surface area contributed by atoms with E-state index < -0.39 is 0 Å². The van der Waals surface area contributed by atoms with E-state index >= 15 is 0 Å². The maximum atomic E-state index is 12.7. The summed E-state index contributed by atoms with van der Waals surface area (Å²) in [6, 6.07) is 7.73. The summed E-state index contributed by atoms with van der Waals surface area (Å²) in [7, 11) is 0. The van der Waals surface area contributed by atoms with Crippen LogP contribution < -0.4 is 5.84 Å². The van der Waals surface area contributed by atoms with Gasteiger partial charge in [0.15, 0.2) is 5.78 Å². The summed E-state index contributed by atoms with van der Waals surface area (Å²) in [6.45, 7) is 6.51. The minimum absolute atomic E-state index is 0.0313. The van der Waals surface area contributed by atoms with Crippen LogP contribution in [-0.4, -0.2) is 18.3 Å². The zero-order valence-electron chi connectivity index (χ0n) is 13.3. The van der Waals surface area contributed by atoms with Gasteiger partial charge in [0.1, 0.15) is 0 Å². The normalized spacial score (nSPS) is 13.0. The summed E-state index contributed by atoms with van der Waals surface area (Å²) in [5.74, 6) is 5.39. The Morgan fingerprint density at radius 3 is 2.38 bits per heavy atom. The van der Waals surface area contributed by atoms with Gasteiger partial charge < -0.3 is 10.6 Å². The number of hydrogen-bond donors (Lipinski definition) is 1. The number of nitrogens with zero attached hydrogens (tertiary/aromatic N) is 1. The molecule has 0 aliphatic heterocycles. The third-order valence-corrected chi connectivity index (χ3v) is 3.53. The van der Waals surface area contributed by atoms with Crippen molar-refractivity contribution in [1.29, 1.82) is 0 Å². The molecule has 1 atom stereocenters. The number of hydrogen-bond acceptors (Lipinski definition) is 4. The monoisotopic (exact) mass is 290 g/mol. The Bertz CT molecular complexity index is 466. The van der Waals surface area contributed by atoms with E-state index in [-0.39, 0.29) is 11.7 Å².